The lowest BCUT2D eigenvalue weighted by molar-refractivity contribution is -0.121. The number of hydrogen-bond acceptors (Lipinski definition) is 4. The molecule has 2 heterocycles. The molecule has 0 saturated carbocycles. The Morgan fingerprint density at radius 1 is 1.56 bits per heavy atom. The van der Waals surface area contributed by atoms with Gasteiger partial charge in [-0.2, -0.15) is 0 Å². The monoisotopic (exact) mass is 322 g/mol. The van der Waals surface area contributed by atoms with E-state index in [2.05, 4.69) is 15.9 Å². The Morgan fingerprint density at radius 2 is 2.31 bits per heavy atom. The van der Waals surface area contributed by atoms with E-state index in [0.29, 0.717) is 12.8 Å². The third-order valence-electron chi connectivity index (χ3n) is 2.71. The average molecular weight is 323 g/mol. The lowest BCUT2D eigenvalue weighted by Gasteiger charge is -2.05. The van der Waals surface area contributed by atoms with Gasteiger partial charge < -0.3 is 0 Å². The Labute approximate surface area is 107 Å². The molecule has 0 spiro atoms. The number of sulfone groups is 1. The lowest BCUT2D eigenvalue weighted by Crippen LogP contribution is -2.17. The molecule has 1 aliphatic heterocycles. The van der Waals surface area contributed by atoms with Gasteiger partial charge in [-0.3, -0.25) is 4.79 Å². The number of carbonyl (C=O) groups is 1. The fraction of sp³-hybridized carbons (Fsp3) is 0.500. The molecule has 3 nitrogen and oxygen atoms in total. The molecule has 6 heteroatoms. The molecule has 0 aliphatic carbocycles. The van der Waals surface area contributed by atoms with E-state index in [1.54, 1.807) is 0 Å². The fourth-order valence-electron chi connectivity index (χ4n) is 1.80. The van der Waals surface area contributed by atoms with Crippen molar-refractivity contribution in [2.45, 2.75) is 12.8 Å². The van der Waals surface area contributed by atoms with E-state index in [-0.39, 0.29) is 23.2 Å². The maximum atomic E-state index is 11.9. The van der Waals surface area contributed by atoms with Gasteiger partial charge in [0.1, 0.15) is 5.78 Å². The summed E-state index contributed by atoms with van der Waals surface area (Å²) in [6.07, 6.45) is 0.836. The highest BCUT2D eigenvalue weighted by Gasteiger charge is 2.32. The summed E-state index contributed by atoms with van der Waals surface area (Å²) in [6, 6.07) is 1.90. The Morgan fingerprint density at radius 3 is 2.81 bits per heavy atom. The first-order valence-corrected chi connectivity index (χ1v) is 8.42. The van der Waals surface area contributed by atoms with Gasteiger partial charge in [0.05, 0.1) is 11.5 Å². The van der Waals surface area contributed by atoms with E-state index in [1.807, 2.05) is 11.4 Å². The van der Waals surface area contributed by atoms with Crippen LogP contribution >= 0.6 is 27.3 Å². The molecule has 1 atom stereocenters. The van der Waals surface area contributed by atoms with Crippen molar-refractivity contribution in [3.8, 4) is 0 Å². The first-order chi connectivity index (χ1) is 7.48. The van der Waals surface area contributed by atoms with E-state index >= 15 is 0 Å². The van der Waals surface area contributed by atoms with Gasteiger partial charge in [0, 0.05) is 21.7 Å². The van der Waals surface area contributed by atoms with E-state index in [4.69, 9.17) is 0 Å². The Hall–Kier alpha value is -0.200. The normalized spacial score (nSPS) is 23.4. The first-order valence-electron chi connectivity index (χ1n) is 4.93. The second-order valence-electron chi connectivity index (χ2n) is 3.93. The molecule has 0 N–H and O–H groups in total. The first kappa shape index (κ1) is 12.3. The number of thiophene rings is 1. The van der Waals surface area contributed by atoms with Crippen LogP contribution in [0.3, 0.4) is 0 Å². The minimum atomic E-state index is -2.96. The smallest absolute Gasteiger partial charge is 0.151 e. The Kier molecular flexibility index (Phi) is 3.51. The van der Waals surface area contributed by atoms with Gasteiger partial charge in [-0.25, -0.2) is 8.42 Å². The molecule has 1 fully saturated rings. The van der Waals surface area contributed by atoms with Crippen LogP contribution in [-0.4, -0.2) is 25.7 Å². The summed E-state index contributed by atoms with van der Waals surface area (Å²) in [6.45, 7) is 0. The summed E-state index contributed by atoms with van der Waals surface area (Å²) in [7, 11) is -2.96. The highest BCUT2D eigenvalue weighted by atomic mass is 79.9. The standard InChI is InChI=1S/C10H11BrO3S2/c11-8-1-3-15-10(8)5-9(12)7-2-4-16(13,14)6-7/h1,3,7H,2,4-6H2. The maximum absolute atomic E-state index is 11.9. The van der Waals surface area contributed by atoms with Gasteiger partial charge >= 0.3 is 0 Å². The highest BCUT2D eigenvalue weighted by Crippen LogP contribution is 2.26. The summed E-state index contributed by atoms with van der Waals surface area (Å²) in [5.74, 6) is -0.0488. The molecule has 0 amide bonds. The summed E-state index contributed by atoms with van der Waals surface area (Å²) in [5, 5.41) is 1.91. The third-order valence-corrected chi connectivity index (χ3v) is 6.41. The van der Waals surface area contributed by atoms with Crippen LogP contribution in [0, 0.1) is 5.92 Å². The summed E-state index contributed by atoms with van der Waals surface area (Å²) in [4.78, 5) is 12.9. The Balaban J connectivity index is 2.03. The zero-order valence-corrected chi connectivity index (χ0v) is 11.7. The van der Waals surface area contributed by atoms with Crippen LogP contribution in [0.5, 0.6) is 0 Å². The van der Waals surface area contributed by atoms with Crippen molar-refractivity contribution in [2.24, 2.45) is 5.92 Å². The van der Waals surface area contributed by atoms with E-state index in [0.717, 1.165) is 9.35 Å². The van der Waals surface area contributed by atoms with Gasteiger partial charge in [-0.05, 0) is 33.8 Å². The predicted octanol–water partition coefficient (Wildman–Crippen LogP) is 2.06. The maximum Gasteiger partial charge on any atom is 0.151 e. The van der Waals surface area contributed by atoms with Gasteiger partial charge in [-0.1, -0.05) is 0 Å². The zero-order chi connectivity index (χ0) is 11.8. The minimum absolute atomic E-state index is 0.0365. The van der Waals surface area contributed by atoms with Crippen LogP contribution in [0.25, 0.3) is 0 Å². The molecule has 1 aliphatic rings. The number of halogens is 1. The second kappa shape index (κ2) is 4.58. The average Bonchev–Trinajstić information content (AvgIpc) is 2.74. The number of Topliss-reactive ketones (excluding diaryl/α,β-unsaturated/α-hetero) is 1. The lowest BCUT2D eigenvalue weighted by atomic mass is 10.0. The van der Waals surface area contributed by atoms with Gasteiger partial charge in [0.25, 0.3) is 0 Å². The summed E-state index contributed by atoms with van der Waals surface area (Å²) in [5.41, 5.74) is 0. The molecule has 2 rings (SSSR count). The summed E-state index contributed by atoms with van der Waals surface area (Å²) < 4.78 is 23.4. The van der Waals surface area contributed by atoms with Crippen molar-refractivity contribution in [3.63, 3.8) is 0 Å². The Bertz CT molecular complexity index is 504. The highest BCUT2D eigenvalue weighted by molar-refractivity contribution is 9.10. The van der Waals surface area contributed by atoms with E-state index in [9.17, 15) is 13.2 Å². The SMILES string of the molecule is O=C(Cc1sccc1Br)C1CCS(=O)(=O)C1. The number of ketones is 1. The van der Waals surface area contributed by atoms with Crippen LogP contribution < -0.4 is 0 Å². The fourth-order valence-corrected chi connectivity index (χ4v) is 5.08. The number of rotatable bonds is 3. The largest absolute Gasteiger partial charge is 0.299 e. The molecule has 1 aromatic rings. The van der Waals surface area contributed by atoms with Crippen molar-refractivity contribution in [3.05, 3.63) is 20.8 Å². The third kappa shape index (κ3) is 2.73. The molecule has 1 unspecified atom stereocenters. The van der Waals surface area contributed by atoms with E-state index in [1.165, 1.54) is 11.3 Å². The molecule has 0 radical (unpaired) electrons. The number of carbonyl (C=O) groups excluding carboxylic acids is 1. The van der Waals surface area contributed by atoms with Crippen LogP contribution in [0.4, 0.5) is 0 Å². The van der Waals surface area contributed by atoms with Gasteiger partial charge in [-0.15, -0.1) is 11.3 Å². The van der Waals surface area contributed by atoms with Crippen LogP contribution in [0.2, 0.25) is 0 Å². The molecule has 0 bridgehead atoms. The number of hydrogen-bond donors (Lipinski definition) is 0. The van der Waals surface area contributed by atoms with Crippen LogP contribution in [-0.2, 0) is 21.1 Å². The topological polar surface area (TPSA) is 51.2 Å². The predicted molar refractivity (Wildman–Crippen MR) is 67.5 cm³/mol. The van der Waals surface area contributed by atoms with Crippen LogP contribution in [0.1, 0.15) is 11.3 Å². The van der Waals surface area contributed by atoms with Gasteiger partial charge in [0.2, 0.25) is 0 Å². The van der Waals surface area contributed by atoms with Crippen molar-refractivity contribution < 1.29 is 13.2 Å². The second-order valence-corrected chi connectivity index (χ2v) is 8.02. The quantitative estimate of drug-likeness (QED) is 0.855. The summed E-state index contributed by atoms with van der Waals surface area (Å²) >= 11 is 4.89. The van der Waals surface area contributed by atoms with Crippen molar-refractivity contribution in [1.29, 1.82) is 0 Å². The molecular weight excluding hydrogens is 312 g/mol. The zero-order valence-electron chi connectivity index (χ0n) is 8.48. The molecule has 1 aromatic heterocycles. The van der Waals surface area contributed by atoms with Crippen molar-refractivity contribution >= 4 is 42.9 Å². The minimum Gasteiger partial charge on any atom is -0.299 e. The van der Waals surface area contributed by atoms with Crippen LogP contribution in [0.15, 0.2) is 15.9 Å². The van der Waals surface area contributed by atoms with Crippen molar-refractivity contribution in [2.75, 3.05) is 11.5 Å². The van der Waals surface area contributed by atoms with E-state index < -0.39 is 9.84 Å². The molecule has 16 heavy (non-hydrogen) atoms. The molecule has 88 valence electrons. The molecule has 0 aromatic carbocycles. The molecular formula is C10H11BrO3S2. The van der Waals surface area contributed by atoms with Gasteiger partial charge in [0.15, 0.2) is 9.84 Å². The molecule has 1 saturated heterocycles. The van der Waals surface area contributed by atoms with Crippen molar-refractivity contribution in [1.82, 2.24) is 0 Å².